The van der Waals surface area contributed by atoms with E-state index in [9.17, 15) is 0 Å². The van der Waals surface area contributed by atoms with Gasteiger partial charge in [-0.25, -0.2) is 0 Å². The Morgan fingerprint density at radius 2 is 2.25 bits per heavy atom. The van der Waals surface area contributed by atoms with Crippen molar-refractivity contribution < 1.29 is 9.30 Å². The molecular weight excluding hydrogens is 314 g/mol. The number of rotatable bonds is 3. The van der Waals surface area contributed by atoms with Crippen molar-refractivity contribution in [3.63, 3.8) is 0 Å². The summed E-state index contributed by atoms with van der Waals surface area (Å²) < 4.78 is 10.5. The van der Waals surface area contributed by atoms with Gasteiger partial charge in [0.05, 0.1) is 0 Å². The van der Waals surface area contributed by atoms with Crippen LogP contribution in [0.3, 0.4) is 0 Å². The fraction of sp³-hybridized carbons (Fsp3) is 0.308. The number of hydrogen-bond acceptors (Lipinski definition) is 1. The van der Waals surface area contributed by atoms with Crippen molar-refractivity contribution in [2.75, 3.05) is 6.61 Å². The third-order valence-electron chi connectivity index (χ3n) is 2.49. The minimum absolute atomic E-state index is 0.226. The summed E-state index contributed by atoms with van der Waals surface area (Å²) in [7, 11) is 2.14. The Morgan fingerprint density at radius 1 is 1.44 bits per heavy atom. The molecule has 0 N–H and O–H groups in total. The van der Waals surface area contributed by atoms with Crippen molar-refractivity contribution in [1.29, 1.82) is 0 Å². The summed E-state index contributed by atoms with van der Waals surface area (Å²) in [5, 5.41) is 0. The summed E-state index contributed by atoms with van der Waals surface area (Å²) in [6.45, 7) is 4.88. The molecule has 0 aliphatic heterocycles. The van der Waals surface area contributed by atoms with E-state index in [1.165, 1.54) is 18.2 Å². The number of fused-ring (bicyclic) bond motifs is 1. The molecule has 0 bridgehead atoms. The van der Waals surface area contributed by atoms with Gasteiger partial charge in [0.2, 0.25) is 0 Å². The van der Waals surface area contributed by atoms with Crippen LogP contribution in [0.25, 0.3) is 15.0 Å². The van der Waals surface area contributed by atoms with Gasteiger partial charge in [-0.3, -0.25) is 0 Å². The molecule has 0 amide bonds. The first-order chi connectivity index (χ1) is 7.72. The van der Waals surface area contributed by atoms with E-state index >= 15 is 0 Å². The molecule has 0 aliphatic rings. The topological polar surface area (TPSA) is 13.1 Å². The fourth-order valence-electron chi connectivity index (χ4n) is 1.62. The van der Waals surface area contributed by atoms with Crippen molar-refractivity contribution in [3.05, 3.63) is 33.7 Å². The predicted octanol–water partition coefficient (Wildman–Crippen LogP) is 2.04. The minimum atomic E-state index is -0.226. The number of benzene rings is 1. The average molecular weight is 330 g/mol. The number of aromatic nitrogens is 1. The maximum atomic E-state index is 5.26. The molecule has 1 aromatic carbocycles. The zero-order chi connectivity index (χ0) is 11.5. The van der Waals surface area contributed by atoms with Crippen molar-refractivity contribution in [2.24, 2.45) is 7.05 Å². The summed E-state index contributed by atoms with van der Waals surface area (Å²) in [6, 6.07) is 6.74. The van der Waals surface area contributed by atoms with Gasteiger partial charge in [0, 0.05) is 0 Å². The Morgan fingerprint density at radius 3 is 3.00 bits per heavy atom. The molecule has 16 heavy (non-hydrogen) atoms. The molecule has 0 fully saturated rings. The molecule has 0 saturated carbocycles. The van der Waals surface area contributed by atoms with E-state index in [4.69, 9.17) is 4.74 Å². The van der Waals surface area contributed by atoms with Crippen molar-refractivity contribution in [2.45, 2.75) is 13.8 Å². The third-order valence-corrected chi connectivity index (χ3v) is 5.87. The number of hydrogen-bond donors (Lipinski definition) is 0. The van der Waals surface area contributed by atoms with Crippen LogP contribution in [-0.4, -0.2) is 27.0 Å². The normalized spacial score (nSPS) is 11.4. The van der Waals surface area contributed by atoms with Gasteiger partial charge in [-0.15, -0.1) is 0 Å². The Balaban J connectivity index is 2.44. The van der Waals surface area contributed by atoms with Gasteiger partial charge in [-0.05, 0) is 0 Å². The molecule has 84 valence electrons. The molecule has 0 saturated heterocycles. The van der Waals surface area contributed by atoms with Crippen molar-refractivity contribution in [1.82, 2.24) is 0 Å². The summed E-state index contributed by atoms with van der Waals surface area (Å²) in [6.07, 6.45) is 3.93. The zero-order valence-electron chi connectivity index (χ0n) is 9.86. The Hall–Kier alpha value is -0.780. The van der Waals surface area contributed by atoms with E-state index in [0.29, 0.717) is 0 Å². The van der Waals surface area contributed by atoms with Crippen LogP contribution in [0.1, 0.15) is 16.2 Å². The van der Waals surface area contributed by atoms with Crippen LogP contribution in [0, 0.1) is 6.92 Å². The molecule has 0 atom stereocenters. The number of ether oxygens (including phenoxy) is 1. The standard InChI is InChI=1S/C13H16NOTe/c1-4-15-8-7-13-14(3)11-9-10(2)5-6-12(11)16-13/h5-9H,4H2,1-3H3/q+1/b8-7+. The van der Waals surface area contributed by atoms with E-state index in [-0.39, 0.29) is 20.4 Å². The van der Waals surface area contributed by atoms with Gasteiger partial charge in [0.25, 0.3) is 0 Å². The first-order valence-electron chi connectivity index (χ1n) is 5.39. The Labute approximate surface area is 106 Å². The average Bonchev–Trinajstić information content (AvgIpc) is 2.57. The number of aryl methyl sites for hydroxylation is 2. The van der Waals surface area contributed by atoms with Crippen LogP contribution in [0.2, 0.25) is 0 Å². The van der Waals surface area contributed by atoms with E-state index < -0.39 is 0 Å². The van der Waals surface area contributed by atoms with Crippen LogP contribution in [-0.2, 0) is 11.8 Å². The quantitative estimate of drug-likeness (QED) is 0.477. The van der Waals surface area contributed by atoms with Gasteiger partial charge in [0.15, 0.2) is 0 Å². The molecule has 2 aromatic rings. The van der Waals surface area contributed by atoms with Gasteiger partial charge < -0.3 is 0 Å². The second-order valence-electron chi connectivity index (χ2n) is 3.73. The zero-order valence-corrected chi connectivity index (χ0v) is 12.2. The summed E-state index contributed by atoms with van der Waals surface area (Å²) in [5.74, 6) is 0. The van der Waals surface area contributed by atoms with E-state index in [1.807, 2.05) is 13.2 Å². The second kappa shape index (κ2) is 5.03. The SMILES string of the molecule is CCO/C=C/c1[te]c2ccc(C)cc2[n+]1C. The van der Waals surface area contributed by atoms with Crippen LogP contribution in [0.15, 0.2) is 24.5 Å². The molecule has 2 rings (SSSR count). The van der Waals surface area contributed by atoms with E-state index in [2.05, 4.69) is 42.8 Å². The fourth-order valence-corrected chi connectivity index (χ4v) is 4.54. The monoisotopic (exact) mass is 332 g/mol. The molecule has 2 nitrogen and oxygen atoms in total. The van der Waals surface area contributed by atoms with Gasteiger partial charge in [-0.2, -0.15) is 0 Å². The Bertz CT molecular complexity index is 528. The molecule has 1 aromatic heterocycles. The van der Waals surface area contributed by atoms with Gasteiger partial charge >= 0.3 is 106 Å². The number of nitrogens with zero attached hydrogens (tertiary/aromatic N) is 1. The van der Waals surface area contributed by atoms with Crippen LogP contribution >= 0.6 is 0 Å². The molecule has 0 unspecified atom stereocenters. The second-order valence-corrected chi connectivity index (χ2v) is 6.76. The molecule has 0 radical (unpaired) electrons. The van der Waals surface area contributed by atoms with Crippen molar-refractivity contribution in [3.8, 4) is 0 Å². The third kappa shape index (κ3) is 2.31. The molecule has 3 heteroatoms. The van der Waals surface area contributed by atoms with Crippen LogP contribution < -0.4 is 4.57 Å². The predicted molar refractivity (Wildman–Crippen MR) is 67.5 cm³/mol. The van der Waals surface area contributed by atoms with Gasteiger partial charge in [0.1, 0.15) is 0 Å². The van der Waals surface area contributed by atoms with E-state index in [0.717, 1.165) is 6.61 Å². The summed E-state index contributed by atoms with van der Waals surface area (Å²) >= 11 is -0.226. The van der Waals surface area contributed by atoms with Crippen LogP contribution in [0.4, 0.5) is 0 Å². The molecular formula is C13H16NOTe+. The van der Waals surface area contributed by atoms with Crippen LogP contribution in [0.5, 0.6) is 0 Å². The van der Waals surface area contributed by atoms with Gasteiger partial charge in [-0.1, -0.05) is 0 Å². The molecule has 0 spiro atoms. The van der Waals surface area contributed by atoms with Crippen molar-refractivity contribution >= 4 is 35.4 Å². The van der Waals surface area contributed by atoms with E-state index in [1.54, 1.807) is 0 Å². The first kappa shape index (κ1) is 11.7. The Kier molecular flexibility index (Phi) is 3.68. The molecule has 1 heterocycles. The molecule has 0 aliphatic carbocycles. The summed E-state index contributed by atoms with van der Waals surface area (Å²) in [5.41, 5.74) is 2.70. The maximum absolute atomic E-state index is 5.26. The summed E-state index contributed by atoms with van der Waals surface area (Å²) in [4.78, 5) is 0. The first-order valence-corrected chi connectivity index (χ1v) is 7.72.